The number of aldehydes is 1. The molecule has 0 saturated carbocycles. The molecule has 1 aliphatic rings. The van der Waals surface area contributed by atoms with Gasteiger partial charge in [0, 0.05) is 22.0 Å². The molecule has 0 fully saturated rings. The van der Waals surface area contributed by atoms with E-state index in [0.717, 1.165) is 53.4 Å². The average molecular weight is 308 g/mol. The minimum Gasteiger partial charge on any atom is -0.398 e. The molecule has 0 saturated heterocycles. The SMILES string of the molecule is CC(C)(C=O)c1cc2[nH]c3c(c2cc1N)CCCc1cn[nH]c1-3. The first kappa shape index (κ1) is 14.1. The molecule has 0 spiro atoms. The van der Waals surface area contributed by atoms with Crippen molar-refractivity contribution in [1.82, 2.24) is 15.2 Å². The minimum atomic E-state index is -0.597. The van der Waals surface area contributed by atoms with E-state index >= 15 is 0 Å². The van der Waals surface area contributed by atoms with E-state index in [1.54, 1.807) is 0 Å². The predicted molar refractivity (Wildman–Crippen MR) is 91.4 cm³/mol. The van der Waals surface area contributed by atoms with Crippen molar-refractivity contribution in [2.75, 3.05) is 5.73 Å². The van der Waals surface area contributed by atoms with Gasteiger partial charge in [-0.1, -0.05) is 0 Å². The molecule has 1 aromatic carbocycles. The predicted octanol–water partition coefficient (Wildman–Crippen LogP) is 3.11. The number of aromatic amines is 2. The lowest BCUT2D eigenvalue weighted by Gasteiger charge is -2.19. The maximum absolute atomic E-state index is 11.4. The Balaban J connectivity index is 2.00. The van der Waals surface area contributed by atoms with Gasteiger partial charge in [0.1, 0.15) is 6.29 Å². The topological polar surface area (TPSA) is 87.6 Å². The Kier molecular flexibility index (Phi) is 2.88. The summed E-state index contributed by atoms with van der Waals surface area (Å²) in [5, 5.41) is 8.45. The molecular weight excluding hydrogens is 288 g/mol. The highest BCUT2D eigenvalue weighted by atomic mass is 16.1. The number of nitrogens with one attached hydrogen (secondary N) is 2. The van der Waals surface area contributed by atoms with Crippen LogP contribution in [0.25, 0.3) is 22.3 Å². The van der Waals surface area contributed by atoms with Gasteiger partial charge in [0.2, 0.25) is 0 Å². The molecule has 0 atom stereocenters. The number of H-pyrrole nitrogens is 2. The number of hydrogen-bond donors (Lipinski definition) is 3. The zero-order valence-corrected chi connectivity index (χ0v) is 13.4. The average Bonchev–Trinajstić information content (AvgIpc) is 3.07. The number of carbonyl (C=O) groups is 1. The van der Waals surface area contributed by atoms with E-state index in [0.29, 0.717) is 5.69 Å². The van der Waals surface area contributed by atoms with Crippen LogP contribution in [0, 0.1) is 0 Å². The lowest BCUT2D eigenvalue weighted by atomic mass is 9.84. The Morgan fingerprint density at radius 1 is 1.26 bits per heavy atom. The summed E-state index contributed by atoms with van der Waals surface area (Å²) in [6.07, 6.45) is 5.99. The number of fused-ring (bicyclic) bond motifs is 5. The van der Waals surface area contributed by atoms with Crippen LogP contribution in [0.5, 0.6) is 0 Å². The summed E-state index contributed by atoms with van der Waals surface area (Å²) >= 11 is 0. The van der Waals surface area contributed by atoms with Crippen LogP contribution in [0.2, 0.25) is 0 Å². The van der Waals surface area contributed by atoms with Crippen LogP contribution in [0.3, 0.4) is 0 Å². The molecule has 2 aromatic heterocycles. The van der Waals surface area contributed by atoms with Crippen LogP contribution in [0.4, 0.5) is 5.69 Å². The van der Waals surface area contributed by atoms with Crippen molar-refractivity contribution in [2.24, 2.45) is 0 Å². The molecule has 5 nitrogen and oxygen atoms in total. The normalized spacial score (nSPS) is 14.3. The van der Waals surface area contributed by atoms with Gasteiger partial charge in [-0.3, -0.25) is 5.10 Å². The Morgan fingerprint density at radius 3 is 2.87 bits per heavy atom. The first-order valence-electron chi connectivity index (χ1n) is 7.95. The largest absolute Gasteiger partial charge is 0.398 e. The van der Waals surface area contributed by atoms with Crippen LogP contribution in [-0.2, 0) is 23.1 Å². The van der Waals surface area contributed by atoms with Gasteiger partial charge in [0.15, 0.2) is 0 Å². The van der Waals surface area contributed by atoms with Gasteiger partial charge in [-0.25, -0.2) is 0 Å². The second-order valence-electron chi connectivity index (χ2n) is 6.93. The summed E-state index contributed by atoms with van der Waals surface area (Å²) in [6.45, 7) is 3.77. The Labute approximate surface area is 134 Å². The quantitative estimate of drug-likeness (QED) is 0.502. The summed E-state index contributed by atoms with van der Waals surface area (Å²) in [4.78, 5) is 14.9. The Morgan fingerprint density at radius 2 is 2.09 bits per heavy atom. The first-order valence-corrected chi connectivity index (χ1v) is 7.95. The van der Waals surface area contributed by atoms with E-state index < -0.39 is 5.41 Å². The van der Waals surface area contributed by atoms with Gasteiger partial charge < -0.3 is 15.5 Å². The summed E-state index contributed by atoms with van der Waals surface area (Å²) in [5.41, 5.74) is 12.9. The third-order valence-electron chi connectivity index (χ3n) is 4.91. The fraction of sp³-hybridized carbons (Fsp3) is 0.333. The van der Waals surface area contributed by atoms with E-state index in [1.165, 1.54) is 11.1 Å². The second kappa shape index (κ2) is 4.72. The molecule has 23 heavy (non-hydrogen) atoms. The third kappa shape index (κ3) is 2.00. The molecule has 5 heteroatoms. The summed E-state index contributed by atoms with van der Waals surface area (Å²) in [7, 11) is 0. The first-order chi connectivity index (χ1) is 11.0. The highest BCUT2D eigenvalue weighted by Crippen LogP contribution is 2.38. The van der Waals surface area contributed by atoms with Gasteiger partial charge in [-0.15, -0.1) is 0 Å². The van der Waals surface area contributed by atoms with Crippen LogP contribution < -0.4 is 5.73 Å². The molecule has 0 radical (unpaired) electrons. The molecule has 0 bridgehead atoms. The monoisotopic (exact) mass is 308 g/mol. The lowest BCUT2D eigenvalue weighted by molar-refractivity contribution is -0.111. The molecule has 2 heterocycles. The standard InChI is InChI=1S/C18H20N4O/c1-18(2,9-23)13-7-15-12(6-14(13)19)11-5-3-4-10-8-20-22-16(10)17(11)21-15/h6-9,21H,3-5,19H2,1-2H3,(H,20,22). The van der Waals surface area contributed by atoms with Crippen LogP contribution in [-0.4, -0.2) is 21.5 Å². The third-order valence-corrected chi connectivity index (χ3v) is 4.91. The fourth-order valence-corrected chi connectivity index (χ4v) is 3.58. The van der Waals surface area contributed by atoms with Crippen molar-refractivity contribution in [3.63, 3.8) is 0 Å². The Hall–Kier alpha value is -2.56. The van der Waals surface area contributed by atoms with Crippen molar-refractivity contribution in [3.8, 4) is 11.4 Å². The van der Waals surface area contributed by atoms with Crippen LogP contribution in [0.15, 0.2) is 18.3 Å². The van der Waals surface area contributed by atoms with E-state index in [4.69, 9.17) is 5.73 Å². The number of aryl methyl sites for hydroxylation is 2. The molecule has 0 amide bonds. The minimum absolute atomic E-state index is 0.597. The van der Waals surface area contributed by atoms with E-state index in [2.05, 4.69) is 15.2 Å². The van der Waals surface area contributed by atoms with Gasteiger partial charge in [0.25, 0.3) is 0 Å². The molecule has 4 rings (SSSR count). The smallest absolute Gasteiger partial charge is 0.130 e. The van der Waals surface area contributed by atoms with Gasteiger partial charge in [-0.2, -0.15) is 5.10 Å². The van der Waals surface area contributed by atoms with Gasteiger partial charge in [-0.05, 0) is 61.9 Å². The summed E-state index contributed by atoms with van der Waals surface area (Å²) < 4.78 is 0. The number of anilines is 1. The highest BCUT2D eigenvalue weighted by molar-refractivity contribution is 5.95. The van der Waals surface area contributed by atoms with Crippen molar-refractivity contribution < 1.29 is 4.79 Å². The number of nitrogen functional groups attached to an aromatic ring is 1. The maximum Gasteiger partial charge on any atom is 0.130 e. The van der Waals surface area contributed by atoms with E-state index in [-0.39, 0.29) is 0 Å². The van der Waals surface area contributed by atoms with Gasteiger partial charge in [0.05, 0.1) is 17.6 Å². The van der Waals surface area contributed by atoms with Gasteiger partial charge >= 0.3 is 0 Å². The number of carbonyl (C=O) groups excluding carboxylic acids is 1. The van der Waals surface area contributed by atoms with E-state index in [1.807, 2.05) is 32.2 Å². The highest BCUT2D eigenvalue weighted by Gasteiger charge is 2.26. The zero-order chi connectivity index (χ0) is 16.2. The Bertz CT molecular complexity index is 917. The summed E-state index contributed by atoms with van der Waals surface area (Å²) in [5.74, 6) is 0. The number of nitrogens with zero attached hydrogens (tertiary/aromatic N) is 1. The van der Waals surface area contributed by atoms with Crippen molar-refractivity contribution >= 4 is 22.9 Å². The van der Waals surface area contributed by atoms with Crippen LogP contribution >= 0.6 is 0 Å². The zero-order valence-electron chi connectivity index (χ0n) is 13.4. The number of nitrogens with two attached hydrogens (primary N) is 1. The maximum atomic E-state index is 11.4. The number of benzene rings is 1. The molecule has 3 aromatic rings. The van der Waals surface area contributed by atoms with Crippen LogP contribution in [0.1, 0.15) is 37.0 Å². The number of aromatic nitrogens is 3. The molecule has 1 aliphatic carbocycles. The molecular formula is C18H20N4O. The molecule has 118 valence electrons. The van der Waals surface area contributed by atoms with Crippen molar-refractivity contribution in [3.05, 3.63) is 35.0 Å². The van der Waals surface area contributed by atoms with Crippen molar-refractivity contribution in [1.29, 1.82) is 0 Å². The summed E-state index contributed by atoms with van der Waals surface area (Å²) in [6, 6.07) is 4.02. The lowest BCUT2D eigenvalue weighted by Crippen LogP contribution is -2.20. The number of rotatable bonds is 2. The molecule has 0 unspecified atom stereocenters. The van der Waals surface area contributed by atoms with E-state index in [9.17, 15) is 4.79 Å². The number of hydrogen-bond acceptors (Lipinski definition) is 3. The molecule has 4 N–H and O–H groups in total. The molecule has 0 aliphatic heterocycles. The fourth-order valence-electron chi connectivity index (χ4n) is 3.58. The van der Waals surface area contributed by atoms with Crippen molar-refractivity contribution in [2.45, 2.75) is 38.5 Å². The second-order valence-corrected chi connectivity index (χ2v) is 6.93.